The van der Waals surface area contributed by atoms with Crippen LogP contribution in [0.4, 0.5) is 18.9 Å². The third kappa shape index (κ3) is 5.17. The number of alkyl halides is 3. The van der Waals surface area contributed by atoms with Crippen molar-refractivity contribution in [1.82, 2.24) is 0 Å². The number of carbonyl (C=O) groups is 1. The average Bonchev–Trinajstić information content (AvgIpc) is 2.26. The Morgan fingerprint density at radius 2 is 2.11 bits per heavy atom. The quantitative estimate of drug-likeness (QED) is 0.886. The Kier molecular flexibility index (Phi) is 4.77. The predicted octanol–water partition coefficient (Wildman–Crippen LogP) is 2.22. The van der Waals surface area contributed by atoms with Crippen LogP contribution in [0, 0.1) is 6.92 Å². The van der Waals surface area contributed by atoms with Crippen molar-refractivity contribution in [3.8, 4) is 5.75 Å². The van der Waals surface area contributed by atoms with Crippen LogP contribution in [-0.4, -0.2) is 24.7 Å². The highest BCUT2D eigenvalue weighted by atomic mass is 19.4. The summed E-state index contributed by atoms with van der Waals surface area (Å²) in [7, 11) is 0. The lowest BCUT2D eigenvalue weighted by atomic mass is 10.2. The standard InChI is InChI=1S/C12H15F3N2O2/c1-7-5-9(17-11(18)8(2)16)3-4-10(7)19-6-12(13,14)15/h3-5,8H,6,16H2,1-2H3,(H,17,18)/t8-/m0/s1. The first-order valence-corrected chi connectivity index (χ1v) is 5.55. The minimum absolute atomic E-state index is 0.121. The van der Waals surface area contributed by atoms with E-state index in [1.807, 2.05) is 0 Å². The zero-order valence-electron chi connectivity index (χ0n) is 10.5. The van der Waals surface area contributed by atoms with E-state index in [0.29, 0.717) is 11.3 Å². The summed E-state index contributed by atoms with van der Waals surface area (Å²) in [5.74, 6) is -0.250. The Hall–Kier alpha value is -1.76. The van der Waals surface area contributed by atoms with Crippen LogP contribution in [0.25, 0.3) is 0 Å². The van der Waals surface area contributed by atoms with E-state index in [4.69, 9.17) is 5.73 Å². The van der Waals surface area contributed by atoms with Gasteiger partial charge in [0.2, 0.25) is 5.91 Å². The van der Waals surface area contributed by atoms with Crippen molar-refractivity contribution < 1.29 is 22.7 Å². The maximum Gasteiger partial charge on any atom is 0.422 e. The molecule has 0 aliphatic carbocycles. The van der Waals surface area contributed by atoms with E-state index in [1.165, 1.54) is 25.1 Å². The molecular weight excluding hydrogens is 261 g/mol. The maximum absolute atomic E-state index is 12.0. The van der Waals surface area contributed by atoms with Gasteiger partial charge in [0.15, 0.2) is 6.61 Å². The minimum atomic E-state index is -4.38. The SMILES string of the molecule is Cc1cc(NC(=O)[C@H](C)N)ccc1OCC(F)(F)F. The Morgan fingerprint density at radius 3 is 2.58 bits per heavy atom. The van der Waals surface area contributed by atoms with E-state index < -0.39 is 18.8 Å². The van der Waals surface area contributed by atoms with Gasteiger partial charge in [0, 0.05) is 5.69 Å². The molecule has 0 bridgehead atoms. The summed E-state index contributed by atoms with van der Waals surface area (Å²) < 4.78 is 40.7. The number of anilines is 1. The highest BCUT2D eigenvalue weighted by Gasteiger charge is 2.28. The van der Waals surface area contributed by atoms with Gasteiger partial charge in [-0.15, -0.1) is 0 Å². The highest BCUT2D eigenvalue weighted by Crippen LogP contribution is 2.24. The number of nitrogens with one attached hydrogen (secondary N) is 1. The average molecular weight is 276 g/mol. The summed E-state index contributed by atoms with van der Waals surface area (Å²) in [5.41, 5.74) is 6.34. The van der Waals surface area contributed by atoms with Crippen LogP contribution in [0.5, 0.6) is 5.75 Å². The number of ether oxygens (including phenoxy) is 1. The molecular formula is C12H15F3N2O2. The second-order valence-electron chi connectivity index (χ2n) is 4.16. The van der Waals surface area contributed by atoms with E-state index in [-0.39, 0.29) is 11.7 Å². The molecule has 0 saturated heterocycles. The van der Waals surface area contributed by atoms with Gasteiger partial charge in [0.05, 0.1) is 6.04 Å². The van der Waals surface area contributed by atoms with Crippen LogP contribution in [0.3, 0.4) is 0 Å². The molecule has 1 aromatic carbocycles. The molecule has 0 aromatic heterocycles. The third-order valence-corrected chi connectivity index (χ3v) is 2.25. The smallest absolute Gasteiger partial charge is 0.422 e. The first-order valence-electron chi connectivity index (χ1n) is 5.55. The topological polar surface area (TPSA) is 64.4 Å². The molecule has 0 unspecified atom stereocenters. The number of carbonyl (C=O) groups excluding carboxylic acids is 1. The largest absolute Gasteiger partial charge is 0.484 e. The lowest BCUT2D eigenvalue weighted by Gasteiger charge is -2.13. The van der Waals surface area contributed by atoms with Crippen LogP contribution in [0.2, 0.25) is 0 Å². The van der Waals surface area contributed by atoms with Gasteiger partial charge in [-0.1, -0.05) is 0 Å². The van der Waals surface area contributed by atoms with Gasteiger partial charge in [-0.2, -0.15) is 13.2 Å². The Bertz CT molecular complexity index is 459. The molecule has 0 saturated carbocycles. The molecule has 1 amide bonds. The third-order valence-electron chi connectivity index (χ3n) is 2.25. The second-order valence-corrected chi connectivity index (χ2v) is 4.16. The van der Waals surface area contributed by atoms with Crippen molar-refractivity contribution in [2.45, 2.75) is 26.1 Å². The fourth-order valence-electron chi connectivity index (χ4n) is 1.30. The molecule has 0 fully saturated rings. The number of rotatable bonds is 4. The molecule has 0 aliphatic rings. The molecule has 106 valence electrons. The van der Waals surface area contributed by atoms with Crippen LogP contribution in [0.1, 0.15) is 12.5 Å². The zero-order chi connectivity index (χ0) is 14.6. The van der Waals surface area contributed by atoms with E-state index in [2.05, 4.69) is 10.1 Å². The van der Waals surface area contributed by atoms with Crippen LogP contribution in [0.15, 0.2) is 18.2 Å². The summed E-state index contributed by atoms with van der Waals surface area (Å²) in [6, 6.07) is 3.68. The normalized spacial score (nSPS) is 12.9. The van der Waals surface area contributed by atoms with Crippen molar-refractivity contribution in [3.63, 3.8) is 0 Å². The summed E-state index contributed by atoms with van der Waals surface area (Å²) in [6.45, 7) is 1.77. The highest BCUT2D eigenvalue weighted by molar-refractivity contribution is 5.94. The van der Waals surface area contributed by atoms with Crippen molar-refractivity contribution >= 4 is 11.6 Å². The predicted molar refractivity (Wildman–Crippen MR) is 65.0 cm³/mol. The van der Waals surface area contributed by atoms with Crippen LogP contribution < -0.4 is 15.8 Å². The number of hydrogen-bond acceptors (Lipinski definition) is 3. The van der Waals surface area contributed by atoms with E-state index in [0.717, 1.165) is 0 Å². The summed E-state index contributed by atoms with van der Waals surface area (Å²) in [6.07, 6.45) is -4.38. The first kappa shape index (κ1) is 15.3. The second kappa shape index (κ2) is 5.92. The number of hydrogen-bond donors (Lipinski definition) is 2. The van der Waals surface area contributed by atoms with E-state index in [1.54, 1.807) is 6.92 Å². The van der Waals surface area contributed by atoms with Gasteiger partial charge < -0.3 is 15.8 Å². The summed E-state index contributed by atoms with van der Waals surface area (Å²) in [5, 5.41) is 2.54. The molecule has 0 aliphatic heterocycles. The van der Waals surface area contributed by atoms with Crippen molar-refractivity contribution in [2.24, 2.45) is 5.73 Å². The molecule has 0 radical (unpaired) electrons. The molecule has 0 heterocycles. The number of halogens is 3. The zero-order valence-corrected chi connectivity index (χ0v) is 10.5. The van der Waals surface area contributed by atoms with E-state index >= 15 is 0 Å². The van der Waals surface area contributed by atoms with Gasteiger partial charge in [0.1, 0.15) is 5.75 Å². The molecule has 1 atom stereocenters. The fourth-order valence-corrected chi connectivity index (χ4v) is 1.30. The maximum atomic E-state index is 12.0. The molecule has 19 heavy (non-hydrogen) atoms. The van der Waals surface area contributed by atoms with Gasteiger partial charge in [-0.05, 0) is 37.6 Å². The molecule has 7 heteroatoms. The lowest BCUT2D eigenvalue weighted by molar-refractivity contribution is -0.153. The number of nitrogens with two attached hydrogens (primary N) is 1. The Balaban J connectivity index is 2.72. The molecule has 4 nitrogen and oxygen atoms in total. The first-order chi connectivity index (χ1) is 8.69. The van der Waals surface area contributed by atoms with E-state index in [9.17, 15) is 18.0 Å². The van der Waals surface area contributed by atoms with Crippen LogP contribution in [-0.2, 0) is 4.79 Å². The van der Waals surface area contributed by atoms with Gasteiger partial charge in [0.25, 0.3) is 0 Å². The van der Waals surface area contributed by atoms with Gasteiger partial charge in [-0.3, -0.25) is 4.79 Å². The number of amides is 1. The molecule has 3 N–H and O–H groups in total. The number of benzene rings is 1. The summed E-state index contributed by atoms with van der Waals surface area (Å²) >= 11 is 0. The minimum Gasteiger partial charge on any atom is -0.484 e. The van der Waals surface area contributed by atoms with Crippen molar-refractivity contribution in [2.75, 3.05) is 11.9 Å². The Labute approximate surface area is 108 Å². The monoisotopic (exact) mass is 276 g/mol. The van der Waals surface area contributed by atoms with Gasteiger partial charge >= 0.3 is 6.18 Å². The summed E-state index contributed by atoms with van der Waals surface area (Å²) in [4.78, 5) is 11.3. The molecule has 1 rings (SSSR count). The van der Waals surface area contributed by atoms with Gasteiger partial charge in [-0.25, -0.2) is 0 Å². The molecule has 0 spiro atoms. The molecule has 1 aromatic rings. The number of aryl methyl sites for hydroxylation is 1. The van der Waals surface area contributed by atoms with Crippen LogP contribution >= 0.6 is 0 Å². The van der Waals surface area contributed by atoms with Crippen molar-refractivity contribution in [1.29, 1.82) is 0 Å². The lowest BCUT2D eigenvalue weighted by Crippen LogP contribution is -2.32. The fraction of sp³-hybridized carbons (Fsp3) is 0.417. The Morgan fingerprint density at radius 1 is 1.47 bits per heavy atom. The van der Waals surface area contributed by atoms with Crippen molar-refractivity contribution in [3.05, 3.63) is 23.8 Å².